The van der Waals surface area contributed by atoms with Crippen LogP contribution in [0.3, 0.4) is 0 Å². The topological polar surface area (TPSA) is 75.7 Å². The number of Topliss-reactive ketones (excluding diaryl/α,β-unsaturated/α-hetero) is 1. The van der Waals surface area contributed by atoms with Gasteiger partial charge >= 0.3 is 0 Å². The van der Waals surface area contributed by atoms with Crippen molar-refractivity contribution in [2.45, 2.75) is 46.1 Å². The minimum absolute atomic E-state index is 0.00180. The van der Waals surface area contributed by atoms with Gasteiger partial charge in [0.25, 0.3) is 5.91 Å². The van der Waals surface area contributed by atoms with Gasteiger partial charge in [0.05, 0.1) is 0 Å². The molecular weight excluding hydrogens is 332 g/mol. The van der Waals surface area contributed by atoms with Gasteiger partial charge in [-0.3, -0.25) is 14.4 Å². The van der Waals surface area contributed by atoms with Gasteiger partial charge in [0.2, 0.25) is 5.91 Å². The number of piperidine rings is 1. The molecule has 0 bridgehead atoms. The van der Waals surface area contributed by atoms with E-state index in [9.17, 15) is 14.4 Å². The maximum Gasteiger partial charge on any atom is 0.260 e. The lowest BCUT2D eigenvalue weighted by atomic mass is 10.0. The molecule has 0 aromatic heterocycles. The molecule has 0 radical (unpaired) electrons. The minimum atomic E-state index is -0.0952. The zero-order valence-electron chi connectivity index (χ0n) is 15.8. The number of amides is 2. The van der Waals surface area contributed by atoms with E-state index in [0.29, 0.717) is 30.8 Å². The molecule has 1 aromatic rings. The summed E-state index contributed by atoms with van der Waals surface area (Å²) in [5.74, 6) is 0.500. The second-order valence-corrected chi connectivity index (χ2v) is 6.93. The van der Waals surface area contributed by atoms with Gasteiger partial charge in [0, 0.05) is 37.0 Å². The van der Waals surface area contributed by atoms with E-state index in [1.807, 2.05) is 20.8 Å². The summed E-state index contributed by atoms with van der Waals surface area (Å²) < 4.78 is 5.55. The molecule has 0 saturated carbocycles. The van der Waals surface area contributed by atoms with Gasteiger partial charge in [-0.1, -0.05) is 20.8 Å². The number of likely N-dealkylation sites (tertiary alicyclic amines) is 1. The van der Waals surface area contributed by atoms with Crippen molar-refractivity contribution in [2.75, 3.05) is 19.7 Å². The Bertz CT molecular complexity index is 640. The van der Waals surface area contributed by atoms with Crippen LogP contribution in [0.25, 0.3) is 0 Å². The maximum atomic E-state index is 12.4. The molecule has 6 nitrogen and oxygen atoms in total. The Morgan fingerprint density at radius 2 is 1.92 bits per heavy atom. The van der Waals surface area contributed by atoms with Crippen LogP contribution < -0.4 is 10.1 Å². The molecule has 1 atom stereocenters. The Morgan fingerprint density at radius 3 is 2.54 bits per heavy atom. The van der Waals surface area contributed by atoms with Gasteiger partial charge in [0.15, 0.2) is 12.4 Å². The average Bonchev–Trinajstić information content (AvgIpc) is 2.66. The van der Waals surface area contributed by atoms with E-state index in [-0.39, 0.29) is 36.2 Å². The van der Waals surface area contributed by atoms with Crippen molar-refractivity contribution in [3.8, 4) is 5.75 Å². The van der Waals surface area contributed by atoms with E-state index in [1.165, 1.54) is 0 Å². The van der Waals surface area contributed by atoms with Crippen molar-refractivity contribution in [1.29, 1.82) is 0 Å². The first-order chi connectivity index (χ1) is 12.4. The first-order valence-corrected chi connectivity index (χ1v) is 9.25. The fourth-order valence-corrected chi connectivity index (χ4v) is 2.87. The number of ether oxygens (including phenoxy) is 1. The number of rotatable bonds is 7. The van der Waals surface area contributed by atoms with Crippen molar-refractivity contribution in [2.24, 2.45) is 5.92 Å². The van der Waals surface area contributed by atoms with Crippen molar-refractivity contribution in [1.82, 2.24) is 10.2 Å². The van der Waals surface area contributed by atoms with Crippen LogP contribution in [-0.2, 0) is 9.59 Å². The Kier molecular flexibility index (Phi) is 7.18. The summed E-state index contributed by atoms with van der Waals surface area (Å²) in [6, 6.07) is 6.84. The summed E-state index contributed by atoms with van der Waals surface area (Å²) in [5.41, 5.74) is 0.644. The molecule has 2 rings (SSSR count). The number of hydrogen-bond acceptors (Lipinski definition) is 4. The number of hydrogen-bond donors (Lipinski definition) is 1. The van der Waals surface area contributed by atoms with E-state index in [2.05, 4.69) is 5.32 Å². The molecule has 142 valence electrons. The first-order valence-electron chi connectivity index (χ1n) is 9.25. The molecule has 0 spiro atoms. The Balaban J connectivity index is 1.83. The second-order valence-electron chi connectivity index (χ2n) is 6.93. The summed E-state index contributed by atoms with van der Waals surface area (Å²) in [6.45, 7) is 6.68. The molecule has 26 heavy (non-hydrogen) atoms. The summed E-state index contributed by atoms with van der Waals surface area (Å²) in [7, 11) is 0. The summed E-state index contributed by atoms with van der Waals surface area (Å²) >= 11 is 0. The summed E-state index contributed by atoms with van der Waals surface area (Å²) in [6.07, 6.45) is 2.21. The van der Waals surface area contributed by atoms with Crippen LogP contribution in [-0.4, -0.2) is 48.2 Å². The summed E-state index contributed by atoms with van der Waals surface area (Å²) in [5, 5.41) is 2.99. The molecule has 1 aromatic carbocycles. The summed E-state index contributed by atoms with van der Waals surface area (Å²) in [4.78, 5) is 37.6. The van der Waals surface area contributed by atoms with Crippen LogP contribution >= 0.6 is 0 Å². The highest BCUT2D eigenvalue weighted by atomic mass is 16.5. The van der Waals surface area contributed by atoms with E-state index in [4.69, 9.17) is 4.74 Å². The fraction of sp³-hybridized carbons (Fsp3) is 0.550. The van der Waals surface area contributed by atoms with E-state index in [1.54, 1.807) is 29.2 Å². The molecule has 6 heteroatoms. The molecule has 1 fully saturated rings. The van der Waals surface area contributed by atoms with Gasteiger partial charge in [0.1, 0.15) is 5.75 Å². The van der Waals surface area contributed by atoms with Crippen molar-refractivity contribution in [3.05, 3.63) is 29.8 Å². The normalized spacial score (nSPS) is 17.1. The Labute approximate surface area is 154 Å². The van der Waals surface area contributed by atoms with Crippen LogP contribution in [0.2, 0.25) is 0 Å². The number of carbonyl (C=O) groups excluding carboxylic acids is 3. The molecule has 1 heterocycles. The second kappa shape index (κ2) is 9.36. The largest absolute Gasteiger partial charge is 0.484 e. The van der Waals surface area contributed by atoms with Gasteiger partial charge < -0.3 is 15.0 Å². The van der Waals surface area contributed by atoms with Gasteiger partial charge in [-0.25, -0.2) is 0 Å². The van der Waals surface area contributed by atoms with Crippen molar-refractivity contribution < 1.29 is 19.1 Å². The van der Waals surface area contributed by atoms with Crippen molar-refractivity contribution >= 4 is 17.6 Å². The number of benzene rings is 1. The quantitative estimate of drug-likeness (QED) is 0.758. The number of nitrogens with zero attached hydrogens (tertiary/aromatic N) is 1. The van der Waals surface area contributed by atoms with Crippen LogP contribution in [0.15, 0.2) is 24.3 Å². The third-order valence-electron chi connectivity index (χ3n) is 4.50. The number of nitrogens with one attached hydrogen (secondary N) is 1. The van der Waals surface area contributed by atoms with E-state index < -0.39 is 0 Å². The molecular formula is C20H28N2O4. The average molecular weight is 360 g/mol. The standard InChI is InChI=1S/C20H28N2O4/c1-4-18(23)15-7-9-17(10-8-15)26-13-19(24)22-11-5-6-16(12-22)21-20(25)14(2)3/h7-10,14,16H,4-6,11-13H2,1-3H3,(H,21,25). The zero-order valence-corrected chi connectivity index (χ0v) is 15.8. The third kappa shape index (κ3) is 5.58. The molecule has 0 aliphatic carbocycles. The van der Waals surface area contributed by atoms with Crippen LogP contribution in [0.4, 0.5) is 0 Å². The predicted octanol–water partition coefficient (Wildman–Crippen LogP) is 2.42. The molecule has 1 aliphatic heterocycles. The smallest absolute Gasteiger partial charge is 0.260 e. The van der Waals surface area contributed by atoms with Crippen LogP contribution in [0.5, 0.6) is 5.75 Å². The van der Waals surface area contributed by atoms with Crippen molar-refractivity contribution in [3.63, 3.8) is 0 Å². The van der Waals surface area contributed by atoms with E-state index >= 15 is 0 Å². The predicted molar refractivity (Wildman–Crippen MR) is 99.1 cm³/mol. The highest BCUT2D eigenvalue weighted by molar-refractivity contribution is 5.95. The molecule has 1 unspecified atom stereocenters. The fourth-order valence-electron chi connectivity index (χ4n) is 2.87. The zero-order chi connectivity index (χ0) is 19.1. The van der Waals surface area contributed by atoms with Crippen LogP contribution in [0, 0.1) is 5.92 Å². The van der Waals surface area contributed by atoms with E-state index in [0.717, 1.165) is 12.8 Å². The Hall–Kier alpha value is -2.37. The Morgan fingerprint density at radius 1 is 1.23 bits per heavy atom. The molecule has 1 N–H and O–H groups in total. The lowest BCUT2D eigenvalue weighted by molar-refractivity contribution is -0.135. The number of ketones is 1. The monoisotopic (exact) mass is 360 g/mol. The highest BCUT2D eigenvalue weighted by Gasteiger charge is 2.25. The van der Waals surface area contributed by atoms with Gasteiger partial charge in [-0.2, -0.15) is 0 Å². The van der Waals surface area contributed by atoms with Crippen LogP contribution in [0.1, 0.15) is 50.4 Å². The maximum absolute atomic E-state index is 12.4. The number of carbonyl (C=O) groups is 3. The van der Waals surface area contributed by atoms with Gasteiger partial charge in [-0.05, 0) is 37.1 Å². The lowest BCUT2D eigenvalue weighted by Crippen LogP contribution is -2.51. The highest BCUT2D eigenvalue weighted by Crippen LogP contribution is 2.15. The van der Waals surface area contributed by atoms with Gasteiger partial charge in [-0.15, -0.1) is 0 Å². The molecule has 1 saturated heterocycles. The third-order valence-corrected chi connectivity index (χ3v) is 4.50. The lowest BCUT2D eigenvalue weighted by Gasteiger charge is -2.33. The molecule has 2 amide bonds. The first kappa shape index (κ1) is 19.9. The SMILES string of the molecule is CCC(=O)c1ccc(OCC(=O)N2CCCC(NC(=O)C(C)C)C2)cc1. The minimum Gasteiger partial charge on any atom is -0.484 e. The molecule has 1 aliphatic rings.